The SMILES string of the molecule is O=C(COc1ccc(Cl)c(F)c1)NC12CC(NC(=O)OCCCc3cccc(Cl)c3)(C1)C2. The molecule has 0 unspecified atom stereocenters. The molecule has 0 atom stereocenters. The summed E-state index contributed by atoms with van der Waals surface area (Å²) in [4.78, 5) is 24.2. The third-order valence-corrected chi connectivity index (χ3v) is 6.34. The van der Waals surface area contributed by atoms with Gasteiger partial charge in [-0.05, 0) is 61.9 Å². The van der Waals surface area contributed by atoms with Gasteiger partial charge >= 0.3 is 6.09 Å². The van der Waals surface area contributed by atoms with Gasteiger partial charge in [0.1, 0.15) is 11.6 Å². The van der Waals surface area contributed by atoms with Gasteiger partial charge in [-0.1, -0.05) is 35.3 Å². The van der Waals surface area contributed by atoms with Gasteiger partial charge < -0.3 is 20.1 Å². The molecule has 6 nitrogen and oxygen atoms in total. The van der Waals surface area contributed by atoms with Gasteiger partial charge in [0.05, 0.1) is 17.2 Å². The zero-order valence-electron chi connectivity index (χ0n) is 17.3. The minimum atomic E-state index is -0.603. The van der Waals surface area contributed by atoms with Crippen molar-refractivity contribution in [3.05, 3.63) is 63.9 Å². The van der Waals surface area contributed by atoms with Crippen molar-refractivity contribution < 1.29 is 23.5 Å². The number of hydrogen-bond donors (Lipinski definition) is 2. The molecule has 0 aliphatic heterocycles. The van der Waals surface area contributed by atoms with E-state index in [1.165, 1.54) is 12.1 Å². The molecule has 170 valence electrons. The van der Waals surface area contributed by atoms with Crippen LogP contribution in [0.4, 0.5) is 9.18 Å². The number of halogens is 3. The van der Waals surface area contributed by atoms with Gasteiger partial charge in [-0.25, -0.2) is 9.18 Å². The van der Waals surface area contributed by atoms with Crippen molar-refractivity contribution in [2.45, 2.75) is 43.2 Å². The zero-order chi connectivity index (χ0) is 22.8. The second-order valence-corrected chi connectivity index (χ2v) is 9.34. The van der Waals surface area contributed by atoms with Crippen molar-refractivity contribution in [2.24, 2.45) is 0 Å². The van der Waals surface area contributed by atoms with Crippen molar-refractivity contribution in [1.82, 2.24) is 10.6 Å². The fourth-order valence-corrected chi connectivity index (χ4v) is 4.82. The summed E-state index contributed by atoms with van der Waals surface area (Å²) in [5.74, 6) is -0.665. The average Bonchev–Trinajstić information content (AvgIpc) is 2.70. The summed E-state index contributed by atoms with van der Waals surface area (Å²) in [5, 5.41) is 6.54. The van der Waals surface area contributed by atoms with Crippen LogP contribution in [0.15, 0.2) is 42.5 Å². The van der Waals surface area contributed by atoms with Gasteiger partial charge in [0.25, 0.3) is 5.91 Å². The highest BCUT2D eigenvalue weighted by molar-refractivity contribution is 6.31. The Bertz CT molecular complexity index is 1010. The van der Waals surface area contributed by atoms with E-state index in [9.17, 15) is 14.0 Å². The number of nitrogens with one attached hydrogen (secondary N) is 2. The smallest absolute Gasteiger partial charge is 0.407 e. The number of ether oxygens (including phenoxy) is 2. The maximum absolute atomic E-state index is 13.4. The molecule has 2 bridgehead atoms. The second kappa shape index (κ2) is 9.16. The lowest BCUT2D eigenvalue weighted by atomic mass is 9.44. The normalized spacial score (nSPS) is 22.8. The maximum Gasteiger partial charge on any atom is 0.407 e. The van der Waals surface area contributed by atoms with E-state index in [0.29, 0.717) is 37.3 Å². The van der Waals surface area contributed by atoms with E-state index < -0.39 is 11.9 Å². The molecule has 0 saturated heterocycles. The van der Waals surface area contributed by atoms with Crippen LogP contribution in [-0.4, -0.2) is 36.3 Å². The van der Waals surface area contributed by atoms with Crippen molar-refractivity contribution in [3.63, 3.8) is 0 Å². The van der Waals surface area contributed by atoms with Crippen LogP contribution < -0.4 is 15.4 Å². The molecule has 9 heteroatoms. The van der Waals surface area contributed by atoms with E-state index in [1.807, 2.05) is 24.3 Å². The van der Waals surface area contributed by atoms with E-state index in [-0.39, 0.29) is 34.4 Å². The molecule has 2 aromatic carbocycles. The van der Waals surface area contributed by atoms with E-state index in [2.05, 4.69) is 10.6 Å². The Morgan fingerprint density at radius 2 is 1.78 bits per heavy atom. The molecule has 2 N–H and O–H groups in total. The molecule has 0 heterocycles. The molecule has 32 heavy (non-hydrogen) atoms. The van der Waals surface area contributed by atoms with Crippen molar-refractivity contribution >= 4 is 35.2 Å². The van der Waals surface area contributed by atoms with Gasteiger partial charge in [-0.3, -0.25) is 4.79 Å². The second-order valence-electron chi connectivity index (χ2n) is 8.50. The lowest BCUT2D eigenvalue weighted by molar-refractivity contribution is -0.141. The minimum absolute atomic E-state index is 0.00639. The monoisotopic (exact) mass is 480 g/mol. The highest BCUT2D eigenvalue weighted by Gasteiger charge is 2.69. The number of rotatable bonds is 9. The molecule has 3 aliphatic carbocycles. The van der Waals surface area contributed by atoms with Crippen LogP contribution in [0.3, 0.4) is 0 Å². The first-order valence-electron chi connectivity index (χ1n) is 10.3. The summed E-state index contributed by atoms with van der Waals surface area (Å²) < 4.78 is 24.0. The molecular formula is C23H23Cl2FN2O4. The molecule has 3 fully saturated rings. The summed E-state index contributed by atoms with van der Waals surface area (Å²) in [6, 6.07) is 11.6. The molecule has 0 aromatic heterocycles. The first kappa shape index (κ1) is 22.7. The van der Waals surface area contributed by atoms with Crippen LogP contribution in [0.25, 0.3) is 0 Å². The molecule has 2 amide bonds. The van der Waals surface area contributed by atoms with Crippen molar-refractivity contribution in [3.8, 4) is 5.75 Å². The number of amides is 2. The number of carbonyl (C=O) groups is 2. The summed E-state index contributed by atoms with van der Waals surface area (Å²) in [5.41, 5.74) is 0.479. The van der Waals surface area contributed by atoms with Gasteiger partial charge in [0.2, 0.25) is 0 Å². The number of hydrogen-bond acceptors (Lipinski definition) is 4. The summed E-state index contributed by atoms with van der Waals surface area (Å²) in [6.07, 6.45) is 3.00. The van der Waals surface area contributed by atoms with Gasteiger partial charge in [-0.15, -0.1) is 0 Å². The summed E-state index contributed by atoms with van der Waals surface area (Å²) in [6.45, 7) is 0.0941. The van der Waals surface area contributed by atoms with Crippen molar-refractivity contribution in [1.29, 1.82) is 0 Å². The third-order valence-electron chi connectivity index (χ3n) is 5.80. The van der Waals surface area contributed by atoms with E-state index in [1.54, 1.807) is 0 Å². The number of carbonyl (C=O) groups excluding carboxylic acids is 2. The summed E-state index contributed by atoms with van der Waals surface area (Å²) >= 11 is 11.6. The first-order valence-corrected chi connectivity index (χ1v) is 11.1. The van der Waals surface area contributed by atoms with E-state index in [0.717, 1.165) is 18.1 Å². The molecule has 3 aliphatic rings. The molecule has 0 spiro atoms. The van der Waals surface area contributed by atoms with Gasteiger partial charge in [0.15, 0.2) is 6.61 Å². The average molecular weight is 481 g/mol. The highest BCUT2D eigenvalue weighted by Crippen LogP contribution is 2.60. The number of alkyl carbamates (subject to hydrolysis) is 1. The maximum atomic E-state index is 13.4. The molecule has 5 rings (SSSR count). The third kappa shape index (κ3) is 5.27. The highest BCUT2D eigenvalue weighted by atomic mass is 35.5. The van der Waals surface area contributed by atoms with Crippen LogP contribution in [0.1, 0.15) is 31.2 Å². The van der Waals surface area contributed by atoms with Gasteiger partial charge in [-0.2, -0.15) is 0 Å². The standard InChI is InChI=1S/C23H23Cl2FN2O4/c24-16-5-1-3-15(9-16)4-2-8-31-21(30)28-23-12-22(13-23,14-23)27-20(29)11-32-17-6-7-18(25)19(26)10-17/h1,3,5-7,9-10H,2,4,8,11-14H2,(H,27,29)(H,28,30). The molecular weight excluding hydrogens is 458 g/mol. The molecule has 0 radical (unpaired) electrons. The Kier molecular flexibility index (Phi) is 6.49. The van der Waals surface area contributed by atoms with Crippen LogP contribution in [0.2, 0.25) is 10.0 Å². The van der Waals surface area contributed by atoms with E-state index in [4.69, 9.17) is 32.7 Å². The largest absolute Gasteiger partial charge is 0.484 e. The fourth-order valence-electron chi connectivity index (χ4n) is 4.49. The van der Waals surface area contributed by atoms with Crippen LogP contribution >= 0.6 is 23.2 Å². The van der Waals surface area contributed by atoms with Crippen LogP contribution in [0, 0.1) is 5.82 Å². The topological polar surface area (TPSA) is 76.7 Å². The van der Waals surface area contributed by atoms with Crippen LogP contribution in [0.5, 0.6) is 5.75 Å². The Balaban J connectivity index is 1.11. The quantitative estimate of drug-likeness (QED) is 0.511. The lowest BCUT2D eigenvalue weighted by Crippen LogP contribution is -2.84. The summed E-state index contributed by atoms with van der Waals surface area (Å²) in [7, 11) is 0. The fraction of sp³-hybridized carbons (Fsp3) is 0.391. The Labute approximate surface area is 195 Å². The Hall–Kier alpha value is -2.51. The Morgan fingerprint density at radius 3 is 2.50 bits per heavy atom. The number of benzene rings is 2. The molecule has 3 saturated carbocycles. The van der Waals surface area contributed by atoms with Crippen LogP contribution in [-0.2, 0) is 16.0 Å². The predicted molar refractivity (Wildman–Crippen MR) is 119 cm³/mol. The lowest BCUT2D eigenvalue weighted by Gasteiger charge is -2.70. The minimum Gasteiger partial charge on any atom is -0.484 e. The number of aryl methyl sites for hydroxylation is 1. The van der Waals surface area contributed by atoms with E-state index >= 15 is 0 Å². The Morgan fingerprint density at radius 1 is 1.03 bits per heavy atom. The predicted octanol–water partition coefficient (Wildman–Crippen LogP) is 4.66. The first-order chi connectivity index (χ1) is 15.3. The van der Waals surface area contributed by atoms with Crippen molar-refractivity contribution in [2.75, 3.05) is 13.2 Å². The zero-order valence-corrected chi connectivity index (χ0v) is 18.8. The van der Waals surface area contributed by atoms with Gasteiger partial charge in [0, 0.05) is 16.6 Å². The molecule has 2 aromatic rings.